The summed E-state index contributed by atoms with van der Waals surface area (Å²) in [6, 6.07) is -1.02. The maximum Gasteiger partial charge on any atom is 0.327 e. The first-order valence-electron chi connectivity index (χ1n) is 6.50. The summed E-state index contributed by atoms with van der Waals surface area (Å²) in [6.07, 6.45) is 1.26. The Morgan fingerprint density at radius 3 is 2.63 bits per heavy atom. The molecule has 2 saturated heterocycles. The van der Waals surface area contributed by atoms with Gasteiger partial charge in [0, 0.05) is 12.3 Å². The van der Waals surface area contributed by atoms with E-state index >= 15 is 0 Å². The zero-order valence-corrected chi connectivity index (χ0v) is 12.0. The summed E-state index contributed by atoms with van der Waals surface area (Å²) in [5, 5.41) is 19.1. The van der Waals surface area contributed by atoms with Gasteiger partial charge < -0.3 is 15.1 Å². The van der Waals surface area contributed by atoms with Gasteiger partial charge >= 0.3 is 12.0 Å². The third-order valence-corrected chi connectivity index (χ3v) is 5.12. The summed E-state index contributed by atoms with van der Waals surface area (Å²) in [7, 11) is 0. The molecule has 2 aliphatic heterocycles. The highest BCUT2D eigenvalue weighted by Crippen LogP contribution is 2.33. The lowest BCUT2D eigenvalue weighted by atomic mass is 10.1. The Morgan fingerprint density at radius 2 is 2.16 bits per heavy atom. The van der Waals surface area contributed by atoms with Crippen LogP contribution in [0.2, 0.25) is 0 Å². The van der Waals surface area contributed by atoms with Gasteiger partial charge in [-0.1, -0.05) is 6.92 Å². The largest absolute Gasteiger partial charge is 0.480 e. The van der Waals surface area contributed by atoms with E-state index < -0.39 is 17.6 Å². The molecule has 0 aromatic carbocycles. The van der Waals surface area contributed by atoms with Gasteiger partial charge in [-0.2, -0.15) is 0 Å². The van der Waals surface area contributed by atoms with Gasteiger partial charge in [0.15, 0.2) is 0 Å². The molecular formula is C12H20N2O4S. The van der Waals surface area contributed by atoms with Crippen LogP contribution in [0.15, 0.2) is 0 Å². The Morgan fingerprint density at radius 1 is 1.47 bits per heavy atom. The molecule has 0 aliphatic carbocycles. The number of carboxylic acid groups (broad SMARTS) is 1. The van der Waals surface area contributed by atoms with E-state index in [2.05, 4.69) is 0 Å². The number of hydrogen-bond donors (Lipinski definition) is 2. The van der Waals surface area contributed by atoms with Crippen molar-refractivity contribution in [3.05, 3.63) is 0 Å². The molecule has 0 aromatic heterocycles. The summed E-state index contributed by atoms with van der Waals surface area (Å²) in [6.45, 7) is 4.40. The Balaban J connectivity index is 2.13. The van der Waals surface area contributed by atoms with Crippen molar-refractivity contribution in [2.75, 3.05) is 18.8 Å². The second-order valence-electron chi connectivity index (χ2n) is 5.41. The van der Waals surface area contributed by atoms with Gasteiger partial charge in [-0.15, -0.1) is 11.8 Å². The molecule has 2 fully saturated rings. The quantitative estimate of drug-likeness (QED) is 0.785. The number of amides is 2. The molecule has 0 aromatic rings. The predicted octanol–water partition coefficient (Wildman–Crippen LogP) is 0.801. The lowest BCUT2D eigenvalue weighted by Crippen LogP contribution is -2.51. The van der Waals surface area contributed by atoms with E-state index in [1.54, 1.807) is 11.8 Å². The first-order valence-corrected chi connectivity index (χ1v) is 7.54. The highest BCUT2D eigenvalue weighted by atomic mass is 32.2. The molecular weight excluding hydrogens is 268 g/mol. The third-order valence-electron chi connectivity index (χ3n) is 3.67. The number of carbonyl (C=O) groups excluding carboxylic acids is 1. The maximum absolute atomic E-state index is 12.5. The fourth-order valence-electron chi connectivity index (χ4n) is 2.60. The van der Waals surface area contributed by atoms with Crippen molar-refractivity contribution in [2.45, 2.75) is 43.7 Å². The molecule has 7 heteroatoms. The number of aliphatic hydroxyl groups is 1. The highest BCUT2D eigenvalue weighted by molar-refractivity contribution is 8.00. The van der Waals surface area contributed by atoms with Crippen LogP contribution in [0.5, 0.6) is 0 Å². The molecule has 108 valence electrons. The van der Waals surface area contributed by atoms with Crippen LogP contribution in [0.1, 0.15) is 26.7 Å². The Bertz CT molecular complexity index is 388. The standard InChI is InChI=1S/C12H20N2O4S/c1-3-9-14(8(6-19-9)10(15)16)11(17)13-5-4-12(2,18)7-13/h8-9,18H,3-7H2,1-2H3,(H,15,16). The Labute approximate surface area is 116 Å². The second kappa shape index (κ2) is 5.20. The SMILES string of the molecule is CCC1SCC(C(=O)O)N1C(=O)N1CCC(C)(O)C1. The van der Waals surface area contributed by atoms with Gasteiger partial charge in [-0.05, 0) is 19.8 Å². The van der Waals surface area contributed by atoms with Crippen molar-refractivity contribution in [2.24, 2.45) is 0 Å². The molecule has 2 heterocycles. The number of urea groups is 1. The van der Waals surface area contributed by atoms with E-state index in [0.717, 1.165) is 6.42 Å². The van der Waals surface area contributed by atoms with Gasteiger partial charge in [-0.25, -0.2) is 9.59 Å². The molecule has 19 heavy (non-hydrogen) atoms. The fourth-order valence-corrected chi connectivity index (χ4v) is 3.94. The summed E-state index contributed by atoms with van der Waals surface area (Å²) in [5.41, 5.74) is -0.858. The second-order valence-corrected chi connectivity index (χ2v) is 6.62. The smallest absolute Gasteiger partial charge is 0.327 e. The third kappa shape index (κ3) is 2.81. The summed E-state index contributed by atoms with van der Waals surface area (Å²) >= 11 is 1.51. The predicted molar refractivity (Wildman–Crippen MR) is 72.0 cm³/mol. The van der Waals surface area contributed by atoms with Crippen LogP contribution in [0.4, 0.5) is 4.79 Å². The number of likely N-dealkylation sites (tertiary alicyclic amines) is 1. The molecule has 6 nitrogen and oxygen atoms in total. The van der Waals surface area contributed by atoms with Gasteiger partial charge in [0.25, 0.3) is 0 Å². The average molecular weight is 288 g/mol. The normalized spacial score (nSPS) is 34.9. The zero-order chi connectivity index (χ0) is 14.2. The van der Waals surface area contributed by atoms with Crippen LogP contribution in [0.25, 0.3) is 0 Å². The summed E-state index contributed by atoms with van der Waals surface area (Å²) in [4.78, 5) is 26.8. The molecule has 2 aliphatic rings. The van der Waals surface area contributed by atoms with Crippen LogP contribution < -0.4 is 0 Å². The molecule has 0 bridgehead atoms. The minimum absolute atomic E-state index is 0.0841. The topological polar surface area (TPSA) is 81.1 Å². The molecule has 2 rings (SSSR count). The summed E-state index contributed by atoms with van der Waals surface area (Å²) < 4.78 is 0. The molecule has 0 spiro atoms. The van der Waals surface area contributed by atoms with Crippen LogP contribution in [0.3, 0.4) is 0 Å². The Kier molecular flexibility index (Phi) is 3.96. The van der Waals surface area contributed by atoms with Gasteiger partial charge in [0.05, 0.1) is 17.5 Å². The minimum Gasteiger partial charge on any atom is -0.480 e. The lowest BCUT2D eigenvalue weighted by Gasteiger charge is -2.31. The van der Waals surface area contributed by atoms with Crippen LogP contribution in [-0.2, 0) is 4.79 Å². The summed E-state index contributed by atoms with van der Waals surface area (Å²) in [5.74, 6) is -0.521. The molecule has 2 N–H and O–H groups in total. The number of β-amino-alcohol motifs (C(OH)–C–C–N with tert-alkyl or cyclic N) is 1. The monoisotopic (exact) mass is 288 g/mol. The van der Waals surface area contributed by atoms with Crippen molar-refractivity contribution in [1.82, 2.24) is 9.80 Å². The fraction of sp³-hybridized carbons (Fsp3) is 0.833. The van der Waals surface area contributed by atoms with E-state index in [-0.39, 0.29) is 17.9 Å². The van der Waals surface area contributed by atoms with Crippen molar-refractivity contribution in [3.63, 3.8) is 0 Å². The molecule has 3 unspecified atom stereocenters. The number of rotatable bonds is 2. The molecule has 3 atom stereocenters. The number of nitrogens with zero attached hydrogens (tertiary/aromatic N) is 2. The van der Waals surface area contributed by atoms with Crippen molar-refractivity contribution < 1.29 is 19.8 Å². The molecule has 0 saturated carbocycles. The van der Waals surface area contributed by atoms with Gasteiger partial charge in [-0.3, -0.25) is 4.90 Å². The van der Waals surface area contributed by atoms with E-state index in [1.807, 2.05) is 6.92 Å². The van der Waals surface area contributed by atoms with Gasteiger partial charge in [0.1, 0.15) is 6.04 Å². The van der Waals surface area contributed by atoms with Gasteiger partial charge in [0.2, 0.25) is 0 Å². The average Bonchev–Trinajstić information content (AvgIpc) is 2.91. The van der Waals surface area contributed by atoms with E-state index in [4.69, 9.17) is 0 Å². The minimum atomic E-state index is -0.956. The van der Waals surface area contributed by atoms with Crippen molar-refractivity contribution in [3.8, 4) is 0 Å². The van der Waals surface area contributed by atoms with Crippen molar-refractivity contribution >= 4 is 23.8 Å². The van der Waals surface area contributed by atoms with Crippen LogP contribution in [-0.4, -0.2) is 67.9 Å². The lowest BCUT2D eigenvalue weighted by molar-refractivity contribution is -0.141. The number of carboxylic acids is 1. The molecule has 0 radical (unpaired) electrons. The number of hydrogen-bond acceptors (Lipinski definition) is 4. The van der Waals surface area contributed by atoms with Crippen LogP contribution >= 0.6 is 11.8 Å². The highest BCUT2D eigenvalue weighted by Gasteiger charge is 2.45. The van der Waals surface area contributed by atoms with Crippen LogP contribution in [0, 0.1) is 0 Å². The number of thioether (sulfide) groups is 1. The van der Waals surface area contributed by atoms with E-state index in [0.29, 0.717) is 18.7 Å². The first-order chi connectivity index (χ1) is 8.85. The molecule has 2 amide bonds. The van der Waals surface area contributed by atoms with Crippen molar-refractivity contribution in [1.29, 1.82) is 0 Å². The maximum atomic E-state index is 12.5. The number of carbonyl (C=O) groups is 2. The Hall–Kier alpha value is -0.950. The first kappa shape index (κ1) is 14.5. The zero-order valence-electron chi connectivity index (χ0n) is 11.2. The van der Waals surface area contributed by atoms with E-state index in [9.17, 15) is 19.8 Å². The number of aliphatic carboxylic acids is 1. The van der Waals surface area contributed by atoms with E-state index in [1.165, 1.54) is 16.7 Å².